The van der Waals surface area contributed by atoms with Crippen molar-refractivity contribution in [2.45, 2.75) is 0 Å². The van der Waals surface area contributed by atoms with E-state index in [1.807, 2.05) is 0 Å². The number of fused-ring (bicyclic) bond motifs is 9. The van der Waals surface area contributed by atoms with Crippen LogP contribution in [0.25, 0.3) is 110 Å². The summed E-state index contributed by atoms with van der Waals surface area (Å²) >= 11 is 0. The lowest BCUT2D eigenvalue weighted by atomic mass is 9.97. The minimum absolute atomic E-state index is 1.15. The minimum Gasteiger partial charge on any atom is -0.355 e. The summed E-state index contributed by atoms with van der Waals surface area (Å²) in [5.74, 6) is 0. The largest absolute Gasteiger partial charge is 0.355 e. The zero-order chi connectivity index (χ0) is 37.5. The Hall–Kier alpha value is -7.62. The molecule has 0 saturated heterocycles. The molecule has 0 radical (unpaired) electrons. The molecule has 57 heavy (non-hydrogen) atoms. The zero-order valence-corrected chi connectivity index (χ0v) is 31.0. The third kappa shape index (κ3) is 4.99. The first-order valence-corrected chi connectivity index (χ1v) is 19.6. The molecule has 0 amide bonds. The molecule has 0 aliphatic rings. The van der Waals surface area contributed by atoms with E-state index in [2.05, 4.69) is 220 Å². The van der Waals surface area contributed by atoms with Crippen molar-refractivity contribution < 1.29 is 0 Å². The summed E-state index contributed by atoms with van der Waals surface area (Å²) in [7, 11) is 0. The number of rotatable bonds is 5. The van der Waals surface area contributed by atoms with Crippen LogP contribution < -0.4 is 0 Å². The van der Waals surface area contributed by atoms with Crippen molar-refractivity contribution >= 4 is 65.4 Å². The summed E-state index contributed by atoms with van der Waals surface area (Å²) in [5, 5.41) is 7.51. The monoisotopic (exact) mass is 725 g/mol. The molecular formula is C54H35N3. The van der Waals surface area contributed by atoms with Crippen molar-refractivity contribution in [3.05, 3.63) is 206 Å². The van der Waals surface area contributed by atoms with Crippen molar-refractivity contribution in [1.29, 1.82) is 0 Å². The van der Waals surface area contributed by atoms with Gasteiger partial charge in [-0.15, -0.1) is 0 Å². The lowest BCUT2D eigenvalue weighted by Crippen LogP contribution is -1.92. The van der Waals surface area contributed by atoms with Gasteiger partial charge < -0.3 is 14.1 Å². The van der Waals surface area contributed by atoms with Crippen molar-refractivity contribution in [2.75, 3.05) is 0 Å². The number of hydrogen-bond donors (Lipinski definition) is 1. The molecule has 0 fully saturated rings. The average Bonchev–Trinajstić information content (AvgIpc) is 3.93. The molecule has 0 unspecified atom stereocenters. The van der Waals surface area contributed by atoms with Gasteiger partial charge >= 0.3 is 0 Å². The number of para-hydroxylation sites is 4. The highest BCUT2D eigenvalue weighted by Crippen LogP contribution is 2.39. The van der Waals surface area contributed by atoms with Crippen molar-refractivity contribution in [3.8, 4) is 44.8 Å². The summed E-state index contributed by atoms with van der Waals surface area (Å²) in [5.41, 5.74) is 16.8. The van der Waals surface area contributed by atoms with Crippen LogP contribution in [0.1, 0.15) is 0 Å². The second kappa shape index (κ2) is 12.5. The molecular weight excluding hydrogens is 691 g/mol. The predicted octanol–water partition coefficient (Wildman–Crippen LogP) is 14.5. The quantitative estimate of drug-likeness (QED) is 0.183. The predicted molar refractivity (Wildman–Crippen MR) is 241 cm³/mol. The smallest absolute Gasteiger partial charge is 0.0541 e. The molecule has 0 spiro atoms. The Morgan fingerprint density at radius 1 is 0.246 bits per heavy atom. The second-order valence-electron chi connectivity index (χ2n) is 15.1. The highest BCUT2D eigenvalue weighted by atomic mass is 15.0. The molecule has 266 valence electrons. The minimum atomic E-state index is 1.15. The fraction of sp³-hybridized carbons (Fsp3) is 0. The van der Waals surface area contributed by atoms with E-state index in [0.717, 1.165) is 11.0 Å². The van der Waals surface area contributed by atoms with Gasteiger partial charge in [-0.1, -0.05) is 121 Å². The lowest BCUT2D eigenvalue weighted by Gasteiger charge is -2.09. The molecule has 0 aliphatic heterocycles. The fourth-order valence-corrected chi connectivity index (χ4v) is 9.13. The van der Waals surface area contributed by atoms with E-state index in [1.54, 1.807) is 0 Å². The van der Waals surface area contributed by atoms with E-state index in [0.29, 0.717) is 0 Å². The van der Waals surface area contributed by atoms with E-state index < -0.39 is 0 Å². The van der Waals surface area contributed by atoms with E-state index in [1.165, 1.54) is 99.1 Å². The van der Waals surface area contributed by atoms with Crippen molar-refractivity contribution in [1.82, 2.24) is 14.1 Å². The molecule has 0 bridgehead atoms. The van der Waals surface area contributed by atoms with Gasteiger partial charge in [-0.2, -0.15) is 0 Å². The molecule has 12 aromatic rings. The number of H-pyrrole nitrogens is 1. The zero-order valence-electron chi connectivity index (χ0n) is 31.0. The van der Waals surface area contributed by atoms with Gasteiger partial charge in [0.05, 0.1) is 22.1 Å². The van der Waals surface area contributed by atoms with E-state index in [-0.39, 0.29) is 0 Å². The van der Waals surface area contributed by atoms with Gasteiger partial charge in [0.2, 0.25) is 0 Å². The van der Waals surface area contributed by atoms with Gasteiger partial charge in [0, 0.05) is 54.7 Å². The molecule has 0 atom stereocenters. The average molecular weight is 726 g/mol. The lowest BCUT2D eigenvalue weighted by molar-refractivity contribution is 1.18. The number of hydrogen-bond acceptors (Lipinski definition) is 0. The Labute approximate surface area is 329 Å². The first-order valence-electron chi connectivity index (χ1n) is 19.6. The van der Waals surface area contributed by atoms with Gasteiger partial charge in [-0.05, 0) is 118 Å². The number of benzene rings is 9. The Balaban J connectivity index is 0.906. The SMILES string of the molecule is c1ccc(-n2c3ccccc3c3cc(-c4ccc(-c5ccc6[nH]c7ccc(-c8ccc9c(c8)c8ccccc8n9-c8ccccc8)cc7c6c5)cc4)ccc32)cc1. The topological polar surface area (TPSA) is 25.6 Å². The van der Waals surface area contributed by atoms with E-state index >= 15 is 0 Å². The van der Waals surface area contributed by atoms with Crippen LogP contribution in [-0.2, 0) is 0 Å². The van der Waals surface area contributed by atoms with Crippen LogP contribution in [0.3, 0.4) is 0 Å². The molecule has 3 heteroatoms. The van der Waals surface area contributed by atoms with Gasteiger partial charge in [0.25, 0.3) is 0 Å². The maximum Gasteiger partial charge on any atom is 0.0541 e. The number of aromatic nitrogens is 3. The summed E-state index contributed by atoms with van der Waals surface area (Å²) in [6.45, 7) is 0. The molecule has 0 saturated carbocycles. The molecule has 0 aliphatic carbocycles. The normalized spacial score (nSPS) is 11.9. The van der Waals surface area contributed by atoms with Crippen LogP contribution >= 0.6 is 0 Å². The number of nitrogens with zero attached hydrogens (tertiary/aromatic N) is 2. The number of nitrogens with one attached hydrogen (secondary N) is 1. The Kier molecular flexibility index (Phi) is 6.93. The second-order valence-corrected chi connectivity index (χ2v) is 15.1. The molecule has 1 N–H and O–H groups in total. The van der Waals surface area contributed by atoms with E-state index in [9.17, 15) is 0 Å². The molecule has 3 aromatic heterocycles. The third-order valence-electron chi connectivity index (χ3n) is 11.9. The van der Waals surface area contributed by atoms with Crippen LogP contribution in [-0.4, -0.2) is 14.1 Å². The van der Waals surface area contributed by atoms with Crippen LogP contribution in [0.4, 0.5) is 0 Å². The van der Waals surface area contributed by atoms with Crippen molar-refractivity contribution in [3.63, 3.8) is 0 Å². The highest BCUT2D eigenvalue weighted by molar-refractivity contribution is 6.13. The molecule has 3 nitrogen and oxygen atoms in total. The first kappa shape index (κ1) is 31.7. The first-order chi connectivity index (χ1) is 28.2. The fourth-order valence-electron chi connectivity index (χ4n) is 9.13. The summed E-state index contributed by atoms with van der Waals surface area (Å²) in [4.78, 5) is 3.68. The molecule has 9 aromatic carbocycles. The maximum absolute atomic E-state index is 3.68. The summed E-state index contributed by atoms with van der Waals surface area (Å²) in [6.07, 6.45) is 0. The standard InChI is InChI=1S/C54H35N3/c1-3-11-41(12-4-1)56-51-17-9-7-15-43(51)47-33-38(25-29-53(47)56)36-21-19-35(20-22-36)37-23-27-49-45(31-37)46-32-39(24-28-50(46)55-49)40-26-30-54-48(34-40)44-16-8-10-18-52(44)57(54)42-13-5-2-6-14-42/h1-34,55H. The Bertz CT molecular complexity index is 3490. The van der Waals surface area contributed by atoms with Gasteiger partial charge in [0.15, 0.2) is 0 Å². The third-order valence-corrected chi connectivity index (χ3v) is 11.9. The molecule has 12 rings (SSSR count). The Morgan fingerprint density at radius 3 is 1.04 bits per heavy atom. The van der Waals surface area contributed by atoms with Crippen LogP contribution in [0, 0.1) is 0 Å². The van der Waals surface area contributed by atoms with Crippen LogP contribution in [0.15, 0.2) is 206 Å². The van der Waals surface area contributed by atoms with E-state index in [4.69, 9.17) is 0 Å². The van der Waals surface area contributed by atoms with Gasteiger partial charge in [-0.3, -0.25) is 0 Å². The number of aromatic amines is 1. The van der Waals surface area contributed by atoms with Crippen LogP contribution in [0.5, 0.6) is 0 Å². The maximum atomic E-state index is 3.68. The molecule has 3 heterocycles. The summed E-state index contributed by atoms with van der Waals surface area (Å²) < 4.78 is 4.74. The summed E-state index contributed by atoms with van der Waals surface area (Å²) in [6, 6.07) is 75.1. The van der Waals surface area contributed by atoms with Crippen molar-refractivity contribution in [2.24, 2.45) is 0 Å². The highest BCUT2D eigenvalue weighted by Gasteiger charge is 2.16. The van der Waals surface area contributed by atoms with Gasteiger partial charge in [-0.25, -0.2) is 0 Å². The Morgan fingerprint density at radius 2 is 0.579 bits per heavy atom. The van der Waals surface area contributed by atoms with Crippen LogP contribution in [0.2, 0.25) is 0 Å². The van der Waals surface area contributed by atoms with Gasteiger partial charge in [0.1, 0.15) is 0 Å².